The standard InChI is InChI=1S/C22H20N2O4/c25-24(26)19-11-13-20(14-12-19)27-16-21-15-22(17-7-3-1-4-8-17)23(28-21)18-9-5-2-6-10-18/h1-14,21-22H,15-16H2/t21-,22+/m1/s1. The molecule has 1 aliphatic rings. The number of ether oxygens (including phenoxy) is 1. The van der Waals surface area contributed by atoms with E-state index >= 15 is 0 Å². The fraction of sp³-hybridized carbons (Fsp3) is 0.182. The van der Waals surface area contributed by atoms with Crippen molar-refractivity contribution in [3.05, 3.63) is 101 Å². The third kappa shape index (κ3) is 3.97. The van der Waals surface area contributed by atoms with Crippen LogP contribution in [0.5, 0.6) is 5.75 Å². The van der Waals surface area contributed by atoms with Crippen LogP contribution in [0.25, 0.3) is 0 Å². The summed E-state index contributed by atoms with van der Waals surface area (Å²) in [6.45, 7) is 0.366. The number of hydrogen-bond acceptors (Lipinski definition) is 5. The monoisotopic (exact) mass is 376 g/mol. The van der Waals surface area contributed by atoms with Crippen molar-refractivity contribution in [3.63, 3.8) is 0 Å². The van der Waals surface area contributed by atoms with Gasteiger partial charge < -0.3 is 4.74 Å². The van der Waals surface area contributed by atoms with Gasteiger partial charge in [0.05, 0.1) is 16.7 Å². The van der Waals surface area contributed by atoms with Crippen LogP contribution in [0.2, 0.25) is 0 Å². The molecule has 1 heterocycles. The Hall–Kier alpha value is -3.38. The highest BCUT2D eigenvalue weighted by molar-refractivity contribution is 5.47. The summed E-state index contributed by atoms with van der Waals surface area (Å²) in [7, 11) is 0. The van der Waals surface area contributed by atoms with E-state index in [1.54, 1.807) is 12.1 Å². The van der Waals surface area contributed by atoms with E-state index in [0.717, 1.165) is 12.1 Å². The van der Waals surface area contributed by atoms with Crippen LogP contribution in [0.15, 0.2) is 84.9 Å². The topological polar surface area (TPSA) is 64.8 Å². The second kappa shape index (κ2) is 8.10. The molecule has 0 aromatic heterocycles. The molecule has 3 aromatic carbocycles. The number of anilines is 1. The fourth-order valence-electron chi connectivity index (χ4n) is 3.34. The molecule has 6 heteroatoms. The second-order valence-corrected chi connectivity index (χ2v) is 6.61. The Morgan fingerprint density at radius 2 is 1.61 bits per heavy atom. The third-order valence-corrected chi connectivity index (χ3v) is 4.71. The SMILES string of the molecule is O=[N+]([O-])c1ccc(OC[C@H]2C[C@@H](c3ccccc3)N(c3ccccc3)O2)cc1. The van der Waals surface area contributed by atoms with E-state index in [4.69, 9.17) is 9.57 Å². The lowest BCUT2D eigenvalue weighted by molar-refractivity contribution is -0.384. The molecule has 1 fully saturated rings. The van der Waals surface area contributed by atoms with Gasteiger partial charge in [-0.15, -0.1) is 0 Å². The van der Waals surface area contributed by atoms with Crippen molar-refractivity contribution in [2.75, 3.05) is 11.7 Å². The van der Waals surface area contributed by atoms with Gasteiger partial charge in [0.25, 0.3) is 5.69 Å². The van der Waals surface area contributed by atoms with Gasteiger partial charge in [0.15, 0.2) is 0 Å². The predicted octanol–water partition coefficient (Wildman–Crippen LogP) is 4.93. The van der Waals surface area contributed by atoms with Gasteiger partial charge in [-0.05, 0) is 29.8 Å². The van der Waals surface area contributed by atoms with Crippen molar-refractivity contribution in [2.24, 2.45) is 0 Å². The lowest BCUT2D eigenvalue weighted by Crippen LogP contribution is -2.23. The van der Waals surface area contributed by atoms with E-state index in [9.17, 15) is 10.1 Å². The van der Waals surface area contributed by atoms with Crippen LogP contribution < -0.4 is 9.80 Å². The van der Waals surface area contributed by atoms with Gasteiger partial charge in [-0.1, -0.05) is 48.5 Å². The minimum Gasteiger partial charge on any atom is -0.491 e. The Bertz CT molecular complexity index is 869. The molecule has 142 valence electrons. The minimum absolute atomic E-state index is 0.0452. The van der Waals surface area contributed by atoms with Gasteiger partial charge in [-0.25, -0.2) is 5.06 Å². The molecule has 4 rings (SSSR count). The molecule has 0 N–H and O–H groups in total. The normalized spacial score (nSPS) is 18.8. The van der Waals surface area contributed by atoms with Gasteiger partial charge >= 0.3 is 0 Å². The van der Waals surface area contributed by atoms with Crippen LogP contribution >= 0.6 is 0 Å². The lowest BCUT2D eigenvalue weighted by Gasteiger charge is -2.25. The molecule has 0 spiro atoms. The van der Waals surface area contributed by atoms with E-state index in [2.05, 4.69) is 12.1 Å². The largest absolute Gasteiger partial charge is 0.491 e. The zero-order valence-electron chi connectivity index (χ0n) is 15.2. The molecule has 0 saturated carbocycles. The van der Waals surface area contributed by atoms with E-state index in [1.807, 2.05) is 53.6 Å². The quantitative estimate of drug-likeness (QED) is 0.451. The summed E-state index contributed by atoms with van der Waals surface area (Å²) < 4.78 is 5.82. The Kier molecular flexibility index (Phi) is 5.21. The molecule has 2 atom stereocenters. The van der Waals surface area contributed by atoms with E-state index < -0.39 is 4.92 Å². The Morgan fingerprint density at radius 1 is 0.964 bits per heavy atom. The minimum atomic E-state index is -0.425. The zero-order valence-corrected chi connectivity index (χ0v) is 15.2. The molecular formula is C22H20N2O4. The molecule has 6 nitrogen and oxygen atoms in total. The summed E-state index contributed by atoms with van der Waals surface area (Å²) in [5, 5.41) is 12.7. The van der Waals surface area contributed by atoms with Gasteiger partial charge in [0.2, 0.25) is 0 Å². The number of para-hydroxylation sites is 1. The molecule has 3 aromatic rings. The Morgan fingerprint density at radius 3 is 2.25 bits per heavy atom. The lowest BCUT2D eigenvalue weighted by atomic mass is 10.0. The van der Waals surface area contributed by atoms with Gasteiger partial charge in [0.1, 0.15) is 18.5 Å². The van der Waals surface area contributed by atoms with Crippen molar-refractivity contribution in [1.82, 2.24) is 0 Å². The highest BCUT2D eigenvalue weighted by atomic mass is 16.7. The van der Waals surface area contributed by atoms with Gasteiger partial charge in [-0.2, -0.15) is 0 Å². The molecule has 1 aliphatic heterocycles. The van der Waals surface area contributed by atoms with Crippen LogP contribution in [0.1, 0.15) is 18.0 Å². The van der Waals surface area contributed by atoms with Crippen LogP contribution in [0.4, 0.5) is 11.4 Å². The van der Waals surface area contributed by atoms with Gasteiger partial charge in [-0.3, -0.25) is 15.0 Å². The molecule has 0 aliphatic carbocycles. The first-order valence-electron chi connectivity index (χ1n) is 9.14. The third-order valence-electron chi connectivity index (χ3n) is 4.71. The summed E-state index contributed by atoms with van der Waals surface area (Å²) in [6.07, 6.45) is 0.659. The first kappa shape index (κ1) is 18.0. The van der Waals surface area contributed by atoms with E-state index in [1.165, 1.54) is 17.7 Å². The molecule has 28 heavy (non-hydrogen) atoms. The zero-order chi connectivity index (χ0) is 19.3. The molecule has 0 unspecified atom stereocenters. The van der Waals surface area contributed by atoms with Crippen molar-refractivity contribution in [3.8, 4) is 5.75 Å². The predicted molar refractivity (Wildman–Crippen MR) is 106 cm³/mol. The van der Waals surface area contributed by atoms with Gasteiger partial charge in [0, 0.05) is 18.6 Å². The maximum absolute atomic E-state index is 10.8. The summed E-state index contributed by atoms with van der Waals surface area (Å²) in [5.41, 5.74) is 2.22. The van der Waals surface area contributed by atoms with Crippen molar-refractivity contribution >= 4 is 11.4 Å². The highest BCUT2D eigenvalue weighted by Crippen LogP contribution is 2.38. The smallest absolute Gasteiger partial charge is 0.269 e. The van der Waals surface area contributed by atoms with Crippen LogP contribution in [-0.2, 0) is 4.84 Å². The number of hydrogen-bond donors (Lipinski definition) is 0. The number of hydroxylamine groups is 1. The van der Waals surface area contributed by atoms with Crippen LogP contribution in [0.3, 0.4) is 0 Å². The van der Waals surface area contributed by atoms with Crippen molar-refractivity contribution < 1.29 is 14.5 Å². The molecule has 0 radical (unpaired) electrons. The molecular weight excluding hydrogens is 356 g/mol. The molecule has 0 bridgehead atoms. The number of non-ortho nitro benzene ring substituents is 1. The van der Waals surface area contributed by atoms with E-state index in [0.29, 0.717) is 12.4 Å². The number of nitro groups is 1. The Labute approximate surface area is 163 Å². The first-order chi connectivity index (χ1) is 13.7. The number of rotatable bonds is 6. The average Bonchev–Trinajstić information content (AvgIpc) is 3.18. The van der Waals surface area contributed by atoms with E-state index in [-0.39, 0.29) is 17.8 Å². The van der Waals surface area contributed by atoms with Crippen LogP contribution in [-0.4, -0.2) is 17.6 Å². The summed E-state index contributed by atoms with van der Waals surface area (Å²) in [4.78, 5) is 16.5. The number of benzene rings is 3. The summed E-state index contributed by atoms with van der Waals surface area (Å²) in [5.74, 6) is 0.587. The number of nitro benzene ring substituents is 1. The van der Waals surface area contributed by atoms with Crippen LogP contribution in [0, 0.1) is 10.1 Å². The maximum atomic E-state index is 10.8. The second-order valence-electron chi connectivity index (χ2n) is 6.61. The Balaban J connectivity index is 1.47. The maximum Gasteiger partial charge on any atom is 0.269 e. The van der Waals surface area contributed by atoms with Crippen molar-refractivity contribution in [2.45, 2.75) is 18.6 Å². The highest BCUT2D eigenvalue weighted by Gasteiger charge is 2.35. The molecule has 0 amide bonds. The summed E-state index contributed by atoms with van der Waals surface area (Å²) >= 11 is 0. The molecule has 1 saturated heterocycles. The summed E-state index contributed by atoms with van der Waals surface area (Å²) in [6, 6.07) is 26.4. The fourth-order valence-corrected chi connectivity index (χ4v) is 3.34. The average molecular weight is 376 g/mol. The van der Waals surface area contributed by atoms with Crippen molar-refractivity contribution in [1.29, 1.82) is 0 Å². The number of nitrogens with zero attached hydrogens (tertiary/aromatic N) is 2. The first-order valence-corrected chi connectivity index (χ1v) is 9.14.